The maximum atomic E-state index is 13.1. The Balaban J connectivity index is 0.00000225. The maximum absolute atomic E-state index is 13.1. The molecule has 1 aromatic rings. The van der Waals surface area contributed by atoms with Crippen molar-refractivity contribution in [2.45, 2.75) is 19.9 Å². The fraction of sp³-hybridized carbons (Fsp3) is 0.455. The van der Waals surface area contributed by atoms with E-state index in [9.17, 15) is 9.50 Å². The van der Waals surface area contributed by atoms with Gasteiger partial charge in [-0.15, -0.1) is 12.4 Å². The van der Waals surface area contributed by atoms with Crippen LogP contribution in [0.5, 0.6) is 0 Å². The minimum atomic E-state index is -0.465. The number of hydrogen-bond donors (Lipinski definition) is 2. The van der Waals surface area contributed by atoms with E-state index in [4.69, 9.17) is 5.73 Å². The van der Waals surface area contributed by atoms with Crippen LogP contribution in [0.2, 0.25) is 0 Å². The van der Waals surface area contributed by atoms with Crippen LogP contribution in [-0.2, 0) is 0 Å². The average molecular weight is 313 g/mol. The number of halogens is 3. The molecule has 0 amide bonds. The van der Waals surface area contributed by atoms with Gasteiger partial charge in [0.25, 0.3) is 0 Å². The summed E-state index contributed by atoms with van der Waals surface area (Å²) in [6.45, 7) is 3.65. The van der Waals surface area contributed by atoms with Crippen LogP contribution in [-0.4, -0.2) is 11.7 Å². The Labute approximate surface area is 110 Å². The predicted molar refractivity (Wildman–Crippen MR) is 69.1 cm³/mol. The van der Waals surface area contributed by atoms with Gasteiger partial charge < -0.3 is 10.8 Å². The summed E-state index contributed by atoms with van der Waals surface area (Å²) in [6.07, 6.45) is 0. The summed E-state index contributed by atoms with van der Waals surface area (Å²) < 4.78 is 13.8. The normalized spacial score (nSPS) is 13.1. The van der Waals surface area contributed by atoms with Gasteiger partial charge in [-0.1, -0.05) is 29.8 Å². The highest BCUT2D eigenvalue weighted by Gasteiger charge is 2.27. The Hall–Kier alpha value is -0.160. The lowest BCUT2D eigenvalue weighted by Gasteiger charge is -2.29. The molecule has 0 spiro atoms. The number of hydrogen-bond acceptors (Lipinski definition) is 2. The molecule has 0 radical (unpaired) electrons. The molecule has 1 rings (SSSR count). The van der Waals surface area contributed by atoms with Gasteiger partial charge >= 0.3 is 0 Å². The van der Waals surface area contributed by atoms with E-state index < -0.39 is 11.5 Å². The lowest BCUT2D eigenvalue weighted by Crippen LogP contribution is -2.32. The van der Waals surface area contributed by atoms with Crippen LogP contribution >= 0.6 is 28.3 Å². The van der Waals surface area contributed by atoms with Crippen LogP contribution in [0.15, 0.2) is 22.7 Å². The second kappa shape index (κ2) is 5.96. The van der Waals surface area contributed by atoms with Crippen molar-refractivity contribution in [2.75, 3.05) is 6.61 Å². The molecule has 1 atom stereocenters. The Morgan fingerprint density at radius 1 is 1.44 bits per heavy atom. The molecule has 0 aromatic heterocycles. The molecular weight excluding hydrogens is 296 g/mol. The molecule has 16 heavy (non-hydrogen) atoms. The van der Waals surface area contributed by atoms with E-state index in [0.717, 1.165) is 0 Å². The Bertz CT molecular complexity index is 340. The third kappa shape index (κ3) is 3.70. The largest absolute Gasteiger partial charge is 0.396 e. The molecule has 0 bridgehead atoms. The van der Waals surface area contributed by atoms with Crippen molar-refractivity contribution in [3.05, 3.63) is 34.1 Å². The minimum absolute atomic E-state index is 0. The van der Waals surface area contributed by atoms with Gasteiger partial charge in [-0.3, -0.25) is 0 Å². The third-order valence-electron chi connectivity index (χ3n) is 2.49. The van der Waals surface area contributed by atoms with E-state index in [1.807, 2.05) is 13.8 Å². The van der Waals surface area contributed by atoms with Crippen LogP contribution in [0.4, 0.5) is 4.39 Å². The Morgan fingerprint density at radius 2 is 2.00 bits per heavy atom. The van der Waals surface area contributed by atoms with Crippen molar-refractivity contribution in [3.63, 3.8) is 0 Å². The molecule has 0 aliphatic carbocycles. The second-order valence-corrected chi connectivity index (χ2v) is 5.24. The molecule has 2 nitrogen and oxygen atoms in total. The van der Waals surface area contributed by atoms with E-state index in [1.165, 1.54) is 12.1 Å². The van der Waals surface area contributed by atoms with Gasteiger partial charge in [-0.25, -0.2) is 4.39 Å². The second-order valence-electron chi connectivity index (χ2n) is 4.33. The van der Waals surface area contributed by atoms with Gasteiger partial charge in [0.05, 0.1) is 0 Å². The van der Waals surface area contributed by atoms with Gasteiger partial charge in [0.1, 0.15) is 5.82 Å². The van der Waals surface area contributed by atoms with Gasteiger partial charge in [0.2, 0.25) is 0 Å². The van der Waals surface area contributed by atoms with Crippen LogP contribution in [0.1, 0.15) is 25.5 Å². The smallest absolute Gasteiger partial charge is 0.124 e. The van der Waals surface area contributed by atoms with Crippen molar-refractivity contribution in [3.8, 4) is 0 Å². The highest BCUT2D eigenvalue weighted by atomic mass is 79.9. The van der Waals surface area contributed by atoms with Gasteiger partial charge in [0, 0.05) is 22.5 Å². The quantitative estimate of drug-likeness (QED) is 0.901. The first kappa shape index (κ1) is 15.8. The zero-order valence-electron chi connectivity index (χ0n) is 9.21. The minimum Gasteiger partial charge on any atom is -0.396 e. The molecule has 0 fully saturated rings. The SMILES string of the molecule is CC(C)(CO)[C@H](N)c1cc(F)cc(Br)c1.Cl. The molecule has 0 aliphatic heterocycles. The summed E-state index contributed by atoms with van der Waals surface area (Å²) in [4.78, 5) is 0. The number of benzene rings is 1. The topological polar surface area (TPSA) is 46.2 Å². The zero-order chi connectivity index (χ0) is 11.6. The fourth-order valence-corrected chi connectivity index (χ4v) is 1.79. The number of aliphatic hydroxyl groups is 1. The van der Waals surface area contributed by atoms with Crippen molar-refractivity contribution < 1.29 is 9.50 Å². The molecule has 0 heterocycles. The van der Waals surface area contributed by atoms with Crippen molar-refractivity contribution >= 4 is 28.3 Å². The van der Waals surface area contributed by atoms with Crippen molar-refractivity contribution in [1.82, 2.24) is 0 Å². The van der Waals surface area contributed by atoms with Crippen molar-refractivity contribution in [2.24, 2.45) is 11.1 Å². The molecule has 0 aliphatic rings. The summed E-state index contributed by atoms with van der Waals surface area (Å²) in [5, 5.41) is 9.18. The summed E-state index contributed by atoms with van der Waals surface area (Å²) >= 11 is 3.21. The maximum Gasteiger partial charge on any atom is 0.124 e. The van der Waals surface area contributed by atoms with Gasteiger partial charge in [-0.2, -0.15) is 0 Å². The molecule has 1 aromatic carbocycles. The van der Waals surface area contributed by atoms with Crippen molar-refractivity contribution in [1.29, 1.82) is 0 Å². The molecule has 5 heteroatoms. The lowest BCUT2D eigenvalue weighted by molar-refractivity contribution is 0.132. The summed E-state index contributed by atoms with van der Waals surface area (Å²) in [5.41, 5.74) is 6.19. The molecular formula is C11H16BrClFNO. The zero-order valence-corrected chi connectivity index (χ0v) is 11.6. The molecule has 0 saturated heterocycles. The molecule has 3 N–H and O–H groups in total. The number of nitrogens with two attached hydrogens (primary N) is 1. The van der Waals surface area contributed by atoms with Crippen LogP contribution in [0.3, 0.4) is 0 Å². The number of aliphatic hydroxyl groups excluding tert-OH is 1. The highest BCUT2D eigenvalue weighted by molar-refractivity contribution is 9.10. The predicted octanol–water partition coefficient (Wildman–Crippen LogP) is 3.03. The first-order valence-corrected chi connectivity index (χ1v) is 5.48. The Kier molecular flexibility index (Phi) is 5.90. The van der Waals surface area contributed by atoms with E-state index in [2.05, 4.69) is 15.9 Å². The van der Waals surface area contributed by atoms with E-state index >= 15 is 0 Å². The first-order chi connectivity index (χ1) is 6.86. The van der Waals surface area contributed by atoms with Crippen LogP contribution in [0.25, 0.3) is 0 Å². The number of rotatable bonds is 3. The molecule has 92 valence electrons. The third-order valence-corrected chi connectivity index (χ3v) is 2.95. The first-order valence-electron chi connectivity index (χ1n) is 4.69. The molecule has 0 saturated carbocycles. The van der Waals surface area contributed by atoms with Crippen LogP contribution in [0, 0.1) is 11.2 Å². The van der Waals surface area contributed by atoms with Gasteiger partial charge in [-0.05, 0) is 23.8 Å². The fourth-order valence-electron chi connectivity index (χ4n) is 1.30. The average Bonchev–Trinajstić information content (AvgIpc) is 2.15. The monoisotopic (exact) mass is 311 g/mol. The summed E-state index contributed by atoms with van der Waals surface area (Å²) in [7, 11) is 0. The van der Waals surface area contributed by atoms with Crippen LogP contribution < -0.4 is 5.73 Å². The highest BCUT2D eigenvalue weighted by Crippen LogP contribution is 2.32. The lowest BCUT2D eigenvalue weighted by atomic mass is 9.82. The Morgan fingerprint density at radius 3 is 2.44 bits per heavy atom. The molecule has 0 unspecified atom stereocenters. The van der Waals surface area contributed by atoms with E-state index in [0.29, 0.717) is 10.0 Å². The standard InChI is InChI=1S/C11H15BrFNO.ClH/c1-11(2,6-15)10(14)7-3-8(12)5-9(13)4-7;/h3-5,10,15H,6,14H2,1-2H3;1H/t10-;/m1./s1. The van der Waals surface area contributed by atoms with E-state index in [-0.39, 0.29) is 24.8 Å². The summed E-state index contributed by atoms with van der Waals surface area (Å²) in [5.74, 6) is -0.330. The van der Waals surface area contributed by atoms with E-state index in [1.54, 1.807) is 6.07 Å². The van der Waals surface area contributed by atoms with Gasteiger partial charge in [0.15, 0.2) is 0 Å². The summed E-state index contributed by atoms with van der Waals surface area (Å²) in [6, 6.07) is 4.15.